The van der Waals surface area contributed by atoms with Gasteiger partial charge in [-0.3, -0.25) is 9.59 Å². The summed E-state index contributed by atoms with van der Waals surface area (Å²) in [5.74, 6) is -5.09. The lowest BCUT2D eigenvalue weighted by molar-refractivity contribution is -0.147. The fraction of sp³-hybridized carbons (Fsp3) is 0.800. The molecular weight excluding hydrogens is 190 g/mol. The van der Waals surface area contributed by atoms with Gasteiger partial charge < -0.3 is 0 Å². The van der Waals surface area contributed by atoms with E-state index in [4.69, 9.17) is 0 Å². The third-order valence-electron chi connectivity index (χ3n) is 2.01. The number of rotatable bonds is 4. The van der Waals surface area contributed by atoms with Gasteiger partial charge in [-0.15, -0.1) is 0 Å². The highest BCUT2D eigenvalue weighted by Gasteiger charge is 2.38. The summed E-state index contributed by atoms with van der Waals surface area (Å²) in [7, 11) is 0. The Hall–Kier alpha value is -0.800. The van der Waals surface area contributed by atoms with Crippen LogP contribution in [0, 0.1) is 5.41 Å². The van der Waals surface area contributed by atoms with Gasteiger partial charge in [-0.25, -0.2) is 0 Å². The Labute approximate surface area is 82.7 Å². The van der Waals surface area contributed by atoms with E-state index in [9.17, 15) is 18.4 Å². The van der Waals surface area contributed by atoms with Gasteiger partial charge >= 0.3 is 5.92 Å². The molecule has 0 aliphatic heterocycles. The Balaban J connectivity index is 4.43. The second kappa shape index (κ2) is 4.15. The number of ketones is 2. The van der Waals surface area contributed by atoms with E-state index in [-0.39, 0.29) is 0 Å². The van der Waals surface area contributed by atoms with Crippen molar-refractivity contribution >= 4 is 11.6 Å². The van der Waals surface area contributed by atoms with Crippen molar-refractivity contribution < 1.29 is 18.4 Å². The summed E-state index contributed by atoms with van der Waals surface area (Å²) >= 11 is 0. The minimum atomic E-state index is -3.36. The first-order chi connectivity index (χ1) is 6.11. The molecule has 4 heteroatoms. The number of hydrogen-bond donors (Lipinski definition) is 0. The van der Waals surface area contributed by atoms with Crippen molar-refractivity contribution in [1.82, 2.24) is 0 Å². The average Bonchev–Trinajstić information content (AvgIpc) is 2.02. The summed E-state index contributed by atoms with van der Waals surface area (Å²) in [5.41, 5.74) is -0.737. The summed E-state index contributed by atoms with van der Waals surface area (Å²) in [6.07, 6.45) is -1.23. The molecule has 0 radical (unpaired) electrons. The highest BCUT2D eigenvalue weighted by atomic mass is 19.3. The van der Waals surface area contributed by atoms with Crippen LogP contribution in [0.3, 0.4) is 0 Å². The van der Waals surface area contributed by atoms with Gasteiger partial charge in [-0.1, -0.05) is 27.7 Å². The SMILES string of the molecule is CCC(F)(F)C(=O)CC(=O)C(C)(C)C. The van der Waals surface area contributed by atoms with E-state index in [0.717, 1.165) is 0 Å². The van der Waals surface area contributed by atoms with Crippen LogP contribution in [0.5, 0.6) is 0 Å². The van der Waals surface area contributed by atoms with E-state index in [1.165, 1.54) is 6.92 Å². The number of halogens is 2. The Bertz CT molecular complexity index is 239. The molecule has 2 nitrogen and oxygen atoms in total. The molecule has 0 amide bonds. The van der Waals surface area contributed by atoms with E-state index in [2.05, 4.69) is 0 Å². The fourth-order valence-electron chi connectivity index (χ4n) is 0.737. The lowest BCUT2D eigenvalue weighted by Crippen LogP contribution is -2.33. The molecule has 0 aliphatic rings. The molecule has 0 fully saturated rings. The molecular formula is C10H16F2O2. The molecule has 0 aromatic carbocycles. The molecule has 0 saturated carbocycles. The normalized spacial score (nSPS) is 12.7. The van der Waals surface area contributed by atoms with Gasteiger partial charge in [0.1, 0.15) is 5.78 Å². The van der Waals surface area contributed by atoms with Crippen molar-refractivity contribution in [1.29, 1.82) is 0 Å². The number of carbonyl (C=O) groups excluding carboxylic acids is 2. The largest absolute Gasteiger partial charge is 0.305 e. The lowest BCUT2D eigenvalue weighted by atomic mass is 9.87. The molecule has 0 aromatic heterocycles. The van der Waals surface area contributed by atoms with E-state index < -0.39 is 35.7 Å². The third kappa shape index (κ3) is 3.52. The Morgan fingerprint density at radius 1 is 1.07 bits per heavy atom. The summed E-state index contributed by atoms with van der Waals surface area (Å²) in [5, 5.41) is 0. The molecule has 0 aliphatic carbocycles. The number of Topliss-reactive ketones (excluding diaryl/α,β-unsaturated/α-hetero) is 2. The summed E-state index contributed by atoms with van der Waals surface area (Å²) in [6.45, 7) is 6.03. The molecule has 82 valence electrons. The number of alkyl halides is 2. The predicted molar refractivity (Wildman–Crippen MR) is 49.3 cm³/mol. The molecule has 0 heterocycles. The highest BCUT2D eigenvalue weighted by Crippen LogP contribution is 2.24. The molecule has 0 aromatic rings. The van der Waals surface area contributed by atoms with E-state index in [0.29, 0.717) is 0 Å². The molecule has 0 spiro atoms. The molecule has 0 saturated heterocycles. The first-order valence-corrected chi connectivity index (χ1v) is 4.55. The molecule has 0 N–H and O–H groups in total. The molecule has 14 heavy (non-hydrogen) atoms. The quantitative estimate of drug-likeness (QED) is 0.662. The second-order valence-corrected chi connectivity index (χ2v) is 4.33. The zero-order valence-electron chi connectivity index (χ0n) is 8.99. The van der Waals surface area contributed by atoms with Crippen LogP contribution in [0.25, 0.3) is 0 Å². The first-order valence-electron chi connectivity index (χ1n) is 4.55. The van der Waals surface area contributed by atoms with Crippen molar-refractivity contribution in [3.63, 3.8) is 0 Å². The molecule has 0 rings (SSSR count). The smallest absolute Gasteiger partial charge is 0.299 e. The van der Waals surface area contributed by atoms with Gasteiger partial charge in [0.15, 0.2) is 0 Å². The van der Waals surface area contributed by atoms with Crippen molar-refractivity contribution in [2.45, 2.75) is 46.5 Å². The van der Waals surface area contributed by atoms with Gasteiger partial charge in [0.2, 0.25) is 5.78 Å². The van der Waals surface area contributed by atoms with Crippen LogP contribution in [0.1, 0.15) is 40.5 Å². The summed E-state index contributed by atoms with van der Waals surface area (Å²) in [4.78, 5) is 22.3. The van der Waals surface area contributed by atoms with Crippen LogP contribution >= 0.6 is 0 Å². The molecule has 0 unspecified atom stereocenters. The Morgan fingerprint density at radius 2 is 1.50 bits per heavy atom. The van der Waals surface area contributed by atoms with Crippen LogP contribution in [-0.4, -0.2) is 17.5 Å². The van der Waals surface area contributed by atoms with Crippen LogP contribution in [0.4, 0.5) is 8.78 Å². The van der Waals surface area contributed by atoms with Gasteiger partial charge in [0.05, 0.1) is 6.42 Å². The topological polar surface area (TPSA) is 34.1 Å². The van der Waals surface area contributed by atoms with Gasteiger partial charge in [-0.2, -0.15) is 8.78 Å². The summed E-state index contributed by atoms with van der Waals surface area (Å²) in [6, 6.07) is 0. The van der Waals surface area contributed by atoms with Crippen LogP contribution in [-0.2, 0) is 9.59 Å². The second-order valence-electron chi connectivity index (χ2n) is 4.33. The van der Waals surface area contributed by atoms with Crippen LogP contribution < -0.4 is 0 Å². The zero-order chi connectivity index (χ0) is 11.6. The monoisotopic (exact) mass is 206 g/mol. The molecule has 0 bridgehead atoms. The third-order valence-corrected chi connectivity index (χ3v) is 2.01. The van der Waals surface area contributed by atoms with Crippen molar-refractivity contribution in [3.05, 3.63) is 0 Å². The zero-order valence-corrected chi connectivity index (χ0v) is 8.99. The minimum Gasteiger partial charge on any atom is -0.299 e. The minimum absolute atomic E-state index is 0.448. The Kier molecular flexibility index (Phi) is 3.91. The van der Waals surface area contributed by atoms with E-state index in [1.807, 2.05) is 0 Å². The van der Waals surface area contributed by atoms with Crippen molar-refractivity contribution in [3.8, 4) is 0 Å². The van der Waals surface area contributed by atoms with Crippen LogP contribution in [0.2, 0.25) is 0 Å². The van der Waals surface area contributed by atoms with Gasteiger partial charge in [-0.05, 0) is 0 Å². The number of hydrogen-bond acceptors (Lipinski definition) is 2. The van der Waals surface area contributed by atoms with Crippen LogP contribution in [0.15, 0.2) is 0 Å². The molecule has 0 atom stereocenters. The maximum Gasteiger partial charge on any atom is 0.305 e. The number of carbonyl (C=O) groups is 2. The van der Waals surface area contributed by atoms with E-state index >= 15 is 0 Å². The average molecular weight is 206 g/mol. The van der Waals surface area contributed by atoms with Gasteiger partial charge in [0.25, 0.3) is 0 Å². The first kappa shape index (κ1) is 13.2. The van der Waals surface area contributed by atoms with Gasteiger partial charge in [0, 0.05) is 11.8 Å². The lowest BCUT2D eigenvalue weighted by Gasteiger charge is -2.18. The summed E-state index contributed by atoms with van der Waals surface area (Å²) < 4.78 is 25.6. The Morgan fingerprint density at radius 3 is 1.79 bits per heavy atom. The fourth-order valence-corrected chi connectivity index (χ4v) is 0.737. The maximum atomic E-state index is 12.8. The van der Waals surface area contributed by atoms with Crippen molar-refractivity contribution in [2.75, 3.05) is 0 Å². The van der Waals surface area contributed by atoms with Crippen molar-refractivity contribution in [2.24, 2.45) is 5.41 Å². The predicted octanol–water partition coefficient (Wildman–Crippen LogP) is 2.61. The highest BCUT2D eigenvalue weighted by molar-refractivity contribution is 6.04. The maximum absolute atomic E-state index is 12.8. The van der Waals surface area contributed by atoms with E-state index in [1.54, 1.807) is 20.8 Å². The standard InChI is InChI=1S/C10H16F2O2/c1-5-10(11,12)8(14)6-7(13)9(2,3)4/h5-6H2,1-4H3.